The second kappa shape index (κ2) is 4.01. The Labute approximate surface area is 85.8 Å². The maximum absolute atomic E-state index is 11.9. The van der Waals surface area contributed by atoms with Crippen molar-refractivity contribution in [2.75, 3.05) is 5.75 Å². The molecule has 4 heteroatoms. The van der Waals surface area contributed by atoms with Gasteiger partial charge in [0.25, 0.3) is 0 Å². The summed E-state index contributed by atoms with van der Waals surface area (Å²) in [7, 11) is -3.23. The van der Waals surface area contributed by atoms with Crippen molar-refractivity contribution in [3.8, 4) is 0 Å². The summed E-state index contributed by atoms with van der Waals surface area (Å²) in [5.41, 5.74) is 0. The van der Waals surface area contributed by atoms with E-state index in [1.54, 1.807) is 6.92 Å². The summed E-state index contributed by atoms with van der Waals surface area (Å²) in [6.07, 6.45) is 3.82. The lowest BCUT2D eigenvalue weighted by molar-refractivity contribution is -0.120. The van der Waals surface area contributed by atoms with Crippen LogP contribution in [0, 0.1) is 0 Å². The highest BCUT2D eigenvalue weighted by molar-refractivity contribution is 7.93. The number of carbonyl (C=O) groups is 1. The Kier molecular flexibility index (Phi) is 3.35. The van der Waals surface area contributed by atoms with Crippen molar-refractivity contribution < 1.29 is 13.2 Å². The average Bonchev–Trinajstić information content (AvgIpc) is 2.18. The molecule has 0 radical (unpaired) electrons. The molecular weight excluding hydrogens is 200 g/mol. The van der Waals surface area contributed by atoms with Gasteiger partial charge in [-0.1, -0.05) is 26.2 Å². The molecule has 1 saturated carbocycles. The molecule has 0 aromatic rings. The summed E-state index contributed by atoms with van der Waals surface area (Å²) in [5, 5.41) is 0. The maximum Gasteiger partial charge on any atom is 0.162 e. The van der Waals surface area contributed by atoms with E-state index >= 15 is 0 Å². The number of hydrogen-bond acceptors (Lipinski definition) is 3. The second-order valence-electron chi connectivity index (χ2n) is 4.01. The van der Waals surface area contributed by atoms with Gasteiger partial charge in [0, 0.05) is 5.75 Å². The Bertz CT molecular complexity index is 310. The second-order valence-corrected chi connectivity index (χ2v) is 6.60. The van der Waals surface area contributed by atoms with E-state index in [0.29, 0.717) is 12.8 Å². The molecule has 0 N–H and O–H groups in total. The molecule has 0 aromatic carbocycles. The monoisotopic (exact) mass is 218 g/mol. The molecule has 0 heterocycles. The highest BCUT2D eigenvalue weighted by Crippen LogP contribution is 2.36. The summed E-state index contributed by atoms with van der Waals surface area (Å²) in [4.78, 5) is 11.5. The standard InChI is InChI=1S/C10H18O3S/c1-3-14(12,13)10(9(2)11)7-5-4-6-8-10/h3-8H2,1-2H3. The van der Waals surface area contributed by atoms with Gasteiger partial charge in [-0.25, -0.2) is 8.42 Å². The maximum atomic E-state index is 11.9. The fraction of sp³-hybridized carbons (Fsp3) is 0.900. The van der Waals surface area contributed by atoms with Crippen LogP contribution in [0.4, 0.5) is 0 Å². The van der Waals surface area contributed by atoms with E-state index < -0.39 is 14.6 Å². The van der Waals surface area contributed by atoms with Gasteiger partial charge in [0.15, 0.2) is 15.6 Å². The van der Waals surface area contributed by atoms with Gasteiger partial charge < -0.3 is 0 Å². The highest BCUT2D eigenvalue weighted by atomic mass is 32.2. The van der Waals surface area contributed by atoms with E-state index in [-0.39, 0.29) is 11.5 Å². The van der Waals surface area contributed by atoms with Crippen molar-refractivity contribution in [2.45, 2.75) is 50.7 Å². The minimum Gasteiger partial charge on any atom is -0.298 e. The molecule has 0 spiro atoms. The van der Waals surface area contributed by atoms with E-state index in [1.807, 2.05) is 0 Å². The summed E-state index contributed by atoms with van der Waals surface area (Å²) in [6, 6.07) is 0. The van der Waals surface area contributed by atoms with Crippen molar-refractivity contribution >= 4 is 15.6 Å². The quantitative estimate of drug-likeness (QED) is 0.724. The molecule has 0 saturated heterocycles. The Balaban J connectivity index is 3.10. The molecule has 3 nitrogen and oxygen atoms in total. The first-order valence-electron chi connectivity index (χ1n) is 5.19. The number of carbonyl (C=O) groups excluding carboxylic acids is 1. The zero-order chi connectivity index (χ0) is 10.8. The highest BCUT2D eigenvalue weighted by Gasteiger charge is 2.47. The Morgan fingerprint density at radius 3 is 2.07 bits per heavy atom. The molecular formula is C10H18O3S. The first-order valence-corrected chi connectivity index (χ1v) is 6.85. The summed E-state index contributed by atoms with van der Waals surface area (Å²) in [5.74, 6) is -0.0916. The van der Waals surface area contributed by atoms with Crippen LogP contribution < -0.4 is 0 Å². The minimum absolute atomic E-state index is 0.0760. The molecule has 1 rings (SSSR count). The fourth-order valence-electron chi connectivity index (χ4n) is 2.28. The first kappa shape index (κ1) is 11.7. The van der Waals surface area contributed by atoms with Gasteiger partial charge in [0.1, 0.15) is 4.75 Å². The van der Waals surface area contributed by atoms with Gasteiger partial charge in [0.2, 0.25) is 0 Å². The fourth-order valence-corrected chi connectivity index (χ4v) is 4.18. The largest absolute Gasteiger partial charge is 0.298 e. The zero-order valence-corrected chi connectivity index (χ0v) is 9.69. The predicted molar refractivity (Wildman–Crippen MR) is 56.0 cm³/mol. The molecule has 0 aromatic heterocycles. The Hall–Kier alpha value is -0.380. The molecule has 1 fully saturated rings. The lowest BCUT2D eigenvalue weighted by Gasteiger charge is -2.33. The Morgan fingerprint density at radius 2 is 1.71 bits per heavy atom. The van der Waals surface area contributed by atoms with Crippen molar-refractivity contribution in [3.63, 3.8) is 0 Å². The third-order valence-electron chi connectivity index (χ3n) is 3.28. The van der Waals surface area contributed by atoms with Gasteiger partial charge in [-0.15, -0.1) is 0 Å². The van der Waals surface area contributed by atoms with Crippen LogP contribution in [0.5, 0.6) is 0 Å². The molecule has 0 bridgehead atoms. The van der Waals surface area contributed by atoms with Crippen LogP contribution in [-0.4, -0.2) is 24.7 Å². The van der Waals surface area contributed by atoms with Crippen molar-refractivity contribution in [2.24, 2.45) is 0 Å². The van der Waals surface area contributed by atoms with Crippen LogP contribution >= 0.6 is 0 Å². The number of ketones is 1. The van der Waals surface area contributed by atoms with Crippen LogP contribution in [-0.2, 0) is 14.6 Å². The summed E-state index contributed by atoms with van der Waals surface area (Å²) in [6.45, 7) is 3.03. The van der Waals surface area contributed by atoms with Crippen molar-refractivity contribution in [3.05, 3.63) is 0 Å². The van der Waals surface area contributed by atoms with Gasteiger partial charge >= 0.3 is 0 Å². The first-order chi connectivity index (χ1) is 6.46. The van der Waals surface area contributed by atoms with E-state index in [1.165, 1.54) is 6.92 Å². The number of Topliss-reactive ketones (excluding diaryl/α,β-unsaturated/α-hetero) is 1. The zero-order valence-electron chi connectivity index (χ0n) is 8.88. The minimum atomic E-state index is -3.23. The normalized spacial score (nSPS) is 21.9. The van der Waals surface area contributed by atoms with Crippen LogP contribution in [0.3, 0.4) is 0 Å². The van der Waals surface area contributed by atoms with E-state index in [4.69, 9.17) is 0 Å². The molecule has 14 heavy (non-hydrogen) atoms. The molecule has 0 atom stereocenters. The lowest BCUT2D eigenvalue weighted by atomic mass is 9.86. The average molecular weight is 218 g/mol. The number of rotatable bonds is 3. The van der Waals surface area contributed by atoms with E-state index in [9.17, 15) is 13.2 Å². The topological polar surface area (TPSA) is 51.2 Å². The van der Waals surface area contributed by atoms with Gasteiger partial charge in [-0.05, 0) is 19.8 Å². The smallest absolute Gasteiger partial charge is 0.162 e. The number of sulfone groups is 1. The van der Waals surface area contributed by atoms with Crippen LogP contribution in [0.25, 0.3) is 0 Å². The third kappa shape index (κ3) is 1.72. The van der Waals surface area contributed by atoms with E-state index in [0.717, 1.165) is 19.3 Å². The molecule has 1 aliphatic rings. The SMILES string of the molecule is CCS(=O)(=O)C1(C(C)=O)CCCCC1. The van der Waals surface area contributed by atoms with Gasteiger partial charge in [-0.3, -0.25) is 4.79 Å². The lowest BCUT2D eigenvalue weighted by Crippen LogP contribution is -2.47. The molecule has 0 amide bonds. The van der Waals surface area contributed by atoms with Gasteiger partial charge in [-0.2, -0.15) is 0 Å². The molecule has 82 valence electrons. The van der Waals surface area contributed by atoms with Crippen molar-refractivity contribution in [1.29, 1.82) is 0 Å². The molecule has 0 aliphatic heterocycles. The summed E-state index contributed by atoms with van der Waals surface area (Å²) < 4.78 is 22.8. The van der Waals surface area contributed by atoms with Crippen LogP contribution in [0.1, 0.15) is 46.0 Å². The van der Waals surface area contributed by atoms with Crippen LogP contribution in [0.2, 0.25) is 0 Å². The third-order valence-corrected chi connectivity index (χ3v) is 5.92. The summed E-state index contributed by atoms with van der Waals surface area (Å²) >= 11 is 0. The Morgan fingerprint density at radius 1 is 1.21 bits per heavy atom. The molecule has 0 unspecified atom stereocenters. The molecule has 1 aliphatic carbocycles. The van der Waals surface area contributed by atoms with Gasteiger partial charge in [0.05, 0.1) is 0 Å². The predicted octanol–water partition coefficient (Wildman–Crippen LogP) is 1.71. The van der Waals surface area contributed by atoms with Crippen LogP contribution in [0.15, 0.2) is 0 Å². The number of hydrogen-bond donors (Lipinski definition) is 0. The van der Waals surface area contributed by atoms with Crippen molar-refractivity contribution in [1.82, 2.24) is 0 Å². The van der Waals surface area contributed by atoms with E-state index in [2.05, 4.69) is 0 Å².